The Hall–Kier alpha value is -3.29. The van der Waals surface area contributed by atoms with Gasteiger partial charge in [-0.1, -0.05) is 48.0 Å². The van der Waals surface area contributed by atoms with Gasteiger partial charge < -0.3 is 10.1 Å². The number of nitrogens with zero attached hydrogens (tertiary/aromatic N) is 1. The van der Waals surface area contributed by atoms with Crippen molar-refractivity contribution in [2.75, 3.05) is 22.8 Å². The maximum atomic E-state index is 13.4. The fraction of sp³-hybridized carbons (Fsp3) is 0.125. The van der Waals surface area contributed by atoms with Crippen LogP contribution in [-0.4, -0.2) is 27.5 Å². The summed E-state index contributed by atoms with van der Waals surface area (Å²) in [5.74, 6) is -0.0429. The molecule has 0 saturated carbocycles. The van der Waals surface area contributed by atoms with Gasteiger partial charge in [-0.25, -0.2) is 8.42 Å². The zero-order chi connectivity index (χ0) is 23.1. The molecule has 0 aliphatic heterocycles. The quantitative estimate of drug-likeness (QED) is 0.426. The molecule has 0 aliphatic carbocycles. The molecule has 0 radical (unpaired) electrons. The highest BCUT2D eigenvalue weighted by atomic mass is 35.5. The number of hydrogen-bond acceptors (Lipinski definition) is 4. The van der Waals surface area contributed by atoms with Gasteiger partial charge in [0.05, 0.1) is 40.0 Å². The third kappa shape index (κ3) is 5.12. The third-order valence-corrected chi connectivity index (χ3v) is 6.66. The van der Waals surface area contributed by atoms with Gasteiger partial charge in [-0.15, -0.1) is 6.58 Å². The first-order valence-electron chi connectivity index (χ1n) is 9.90. The molecule has 0 spiro atoms. The summed E-state index contributed by atoms with van der Waals surface area (Å²) in [5.41, 5.74) is 0.978. The molecule has 0 fully saturated rings. The van der Waals surface area contributed by atoms with E-state index >= 15 is 0 Å². The number of anilines is 2. The number of carbonyl (C=O) groups excluding carboxylic acids is 1. The van der Waals surface area contributed by atoms with Crippen molar-refractivity contribution in [1.82, 2.24) is 0 Å². The minimum absolute atomic E-state index is 0.0330. The summed E-state index contributed by atoms with van der Waals surface area (Å²) in [7, 11) is -3.98. The van der Waals surface area contributed by atoms with Crippen LogP contribution in [0.2, 0.25) is 5.02 Å². The zero-order valence-corrected chi connectivity index (χ0v) is 19.1. The fourth-order valence-corrected chi connectivity index (χ4v) is 4.73. The summed E-state index contributed by atoms with van der Waals surface area (Å²) in [5, 5.41) is 2.87. The van der Waals surface area contributed by atoms with E-state index in [4.69, 9.17) is 16.3 Å². The van der Waals surface area contributed by atoms with Gasteiger partial charge in [0, 0.05) is 0 Å². The highest BCUT2D eigenvalue weighted by Crippen LogP contribution is 2.29. The lowest BCUT2D eigenvalue weighted by atomic mass is 10.2. The molecule has 8 heteroatoms. The third-order valence-electron chi connectivity index (χ3n) is 4.54. The van der Waals surface area contributed by atoms with Crippen molar-refractivity contribution in [1.29, 1.82) is 0 Å². The van der Waals surface area contributed by atoms with Crippen molar-refractivity contribution in [3.8, 4) is 5.75 Å². The summed E-state index contributed by atoms with van der Waals surface area (Å²) in [6.45, 7) is 6.00. The molecule has 0 atom stereocenters. The standard InChI is InChI=1S/C24H23ClN2O4S/c1-3-16-27(18-10-6-5-7-11-18)32(29,30)19-14-15-21(25)20(17-19)24(28)26-22-12-8-9-13-23(22)31-4-2/h3,5-15,17H,1,4,16H2,2H3,(H,26,28). The lowest BCUT2D eigenvalue weighted by Gasteiger charge is -2.23. The maximum absolute atomic E-state index is 13.4. The molecule has 0 saturated heterocycles. The van der Waals surface area contributed by atoms with Gasteiger partial charge in [0.1, 0.15) is 5.75 Å². The van der Waals surface area contributed by atoms with Crippen molar-refractivity contribution in [3.05, 3.63) is 96.0 Å². The Labute approximate surface area is 193 Å². The molecule has 0 aromatic heterocycles. The average Bonchev–Trinajstić information content (AvgIpc) is 2.79. The SMILES string of the molecule is C=CCN(c1ccccc1)S(=O)(=O)c1ccc(Cl)c(C(=O)Nc2ccccc2OCC)c1. The first-order chi connectivity index (χ1) is 15.4. The summed E-state index contributed by atoms with van der Waals surface area (Å²) >= 11 is 6.25. The molecule has 0 aliphatic rings. The normalized spacial score (nSPS) is 10.9. The lowest BCUT2D eigenvalue weighted by Crippen LogP contribution is -2.31. The van der Waals surface area contributed by atoms with E-state index in [1.807, 2.05) is 6.92 Å². The predicted molar refractivity (Wildman–Crippen MR) is 128 cm³/mol. The van der Waals surface area contributed by atoms with Gasteiger partial charge in [0.2, 0.25) is 0 Å². The number of hydrogen-bond donors (Lipinski definition) is 1. The first kappa shape index (κ1) is 23.4. The molecular weight excluding hydrogens is 448 g/mol. The molecule has 166 valence electrons. The molecule has 6 nitrogen and oxygen atoms in total. The van der Waals surface area contributed by atoms with Gasteiger partial charge in [-0.05, 0) is 49.4 Å². The Balaban J connectivity index is 1.97. The summed E-state index contributed by atoms with van der Waals surface area (Å²) in [6, 6.07) is 19.7. The van der Waals surface area contributed by atoms with Crippen molar-refractivity contribution < 1.29 is 17.9 Å². The van der Waals surface area contributed by atoms with E-state index < -0.39 is 15.9 Å². The van der Waals surface area contributed by atoms with Crippen LogP contribution in [0.4, 0.5) is 11.4 Å². The average molecular weight is 471 g/mol. The topological polar surface area (TPSA) is 75.7 Å². The molecule has 0 bridgehead atoms. The van der Waals surface area contributed by atoms with Gasteiger partial charge in [0.15, 0.2) is 0 Å². The second kappa shape index (κ2) is 10.3. The van der Waals surface area contributed by atoms with Gasteiger partial charge in [-0.3, -0.25) is 9.10 Å². The number of ether oxygens (including phenoxy) is 1. The van der Waals surface area contributed by atoms with E-state index in [1.165, 1.54) is 28.6 Å². The van der Waals surface area contributed by atoms with E-state index in [0.29, 0.717) is 23.7 Å². The molecule has 32 heavy (non-hydrogen) atoms. The van der Waals surface area contributed by atoms with E-state index in [9.17, 15) is 13.2 Å². The Morgan fingerprint density at radius 3 is 2.47 bits per heavy atom. The van der Waals surface area contributed by atoms with Crippen LogP contribution in [0.5, 0.6) is 5.75 Å². The summed E-state index contributed by atoms with van der Waals surface area (Å²) in [4.78, 5) is 12.9. The van der Waals surface area contributed by atoms with Crippen molar-refractivity contribution in [2.24, 2.45) is 0 Å². The largest absolute Gasteiger partial charge is 0.492 e. The Bertz CT molecular complexity index is 1210. The number of nitrogens with one attached hydrogen (secondary N) is 1. The molecule has 0 heterocycles. The zero-order valence-electron chi connectivity index (χ0n) is 17.5. The van der Waals surface area contributed by atoms with Crippen LogP contribution >= 0.6 is 11.6 Å². The van der Waals surface area contributed by atoms with E-state index in [2.05, 4.69) is 11.9 Å². The Morgan fingerprint density at radius 2 is 1.78 bits per heavy atom. The monoisotopic (exact) mass is 470 g/mol. The van der Waals surface area contributed by atoms with Crippen LogP contribution in [-0.2, 0) is 10.0 Å². The first-order valence-corrected chi connectivity index (χ1v) is 11.7. The summed E-state index contributed by atoms with van der Waals surface area (Å²) < 4.78 is 33.5. The van der Waals surface area contributed by atoms with Crippen LogP contribution in [0.25, 0.3) is 0 Å². The van der Waals surface area contributed by atoms with E-state index in [-0.39, 0.29) is 22.0 Å². The van der Waals surface area contributed by atoms with Crippen molar-refractivity contribution in [2.45, 2.75) is 11.8 Å². The number of amides is 1. The lowest BCUT2D eigenvalue weighted by molar-refractivity contribution is 0.102. The molecule has 3 rings (SSSR count). The second-order valence-electron chi connectivity index (χ2n) is 6.69. The predicted octanol–water partition coefficient (Wildman–Crippen LogP) is 5.37. The molecule has 1 N–H and O–H groups in total. The highest BCUT2D eigenvalue weighted by Gasteiger charge is 2.26. The minimum Gasteiger partial charge on any atom is -0.492 e. The maximum Gasteiger partial charge on any atom is 0.264 e. The van der Waals surface area contributed by atoms with E-state index in [0.717, 1.165) is 0 Å². The van der Waals surface area contributed by atoms with Gasteiger partial charge in [0.25, 0.3) is 15.9 Å². The fourth-order valence-electron chi connectivity index (χ4n) is 3.06. The Morgan fingerprint density at radius 1 is 1.09 bits per heavy atom. The number of rotatable bonds is 9. The number of para-hydroxylation sites is 3. The van der Waals surface area contributed by atoms with Crippen LogP contribution < -0.4 is 14.4 Å². The van der Waals surface area contributed by atoms with Crippen LogP contribution in [0.3, 0.4) is 0 Å². The summed E-state index contributed by atoms with van der Waals surface area (Å²) in [6.07, 6.45) is 1.50. The molecule has 3 aromatic carbocycles. The number of sulfonamides is 1. The Kier molecular flexibility index (Phi) is 7.56. The molecular formula is C24H23ClN2O4S. The van der Waals surface area contributed by atoms with Crippen LogP contribution in [0.15, 0.2) is 90.3 Å². The second-order valence-corrected chi connectivity index (χ2v) is 8.95. The number of halogens is 1. The van der Waals surface area contributed by atoms with Crippen molar-refractivity contribution >= 4 is 38.9 Å². The molecule has 3 aromatic rings. The van der Waals surface area contributed by atoms with Gasteiger partial charge >= 0.3 is 0 Å². The smallest absolute Gasteiger partial charge is 0.264 e. The van der Waals surface area contributed by atoms with Crippen LogP contribution in [0.1, 0.15) is 17.3 Å². The van der Waals surface area contributed by atoms with E-state index in [1.54, 1.807) is 54.6 Å². The van der Waals surface area contributed by atoms with Crippen molar-refractivity contribution in [3.63, 3.8) is 0 Å². The molecule has 0 unspecified atom stereocenters. The minimum atomic E-state index is -3.98. The highest BCUT2D eigenvalue weighted by molar-refractivity contribution is 7.92. The number of carbonyl (C=O) groups is 1. The van der Waals surface area contributed by atoms with Crippen LogP contribution in [0, 0.1) is 0 Å². The molecule has 1 amide bonds. The van der Waals surface area contributed by atoms with Gasteiger partial charge in [-0.2, -0.15) is 0 Å². The number of benzene rings is 3.